The zero-order valence-electron chi connectivity index (χ0n) is 12.5. The molecule has 0 aromatic carbocycles. The first-order valence-electron chi connectivity index (χ1n) is 7.88. The van der Waals surface area contributed by atoms with Crippen LogP contribution < -0.4 is 5.32 Å². The third-order valence-electron chi connectivity index (χ3n) is 4.50. The van der Waals surface area contributed by atoms with Crippen molar-refractivity contribution >= 4 is 0 Å². The summed E-state index contributed by atoms with van der Waals surface area (Å²) in [6.45, 7) is 1.93. The Morgan fingerprint density at radius 2 is 2.00 bits per heavy atom. The van der Waals surface area contributed by atoms with Crippen LogP contribution >= 0.6 is 0 Å². The molecule has 2 aliphatic rings. The van der Waals surface area contributed by atoms with E-state index in [4.69, 9.17) is 0 Å². The first kappa shape index (κ1) is 16.6. The lowest BCUT2D eigenvalue weighted by Crippen LogP contribution is -2.54. The zero-order chi connectivity index (χ0) is 15.5. The van der Waals surface area contributed by atoms with E-state index in [1.165, 1.54) is 0 Å². The van der Waals surface area contributed by atoms with Crippen molar-refractivity contribution in [2.24, 2.45) is 0 Å². The number of rotatable bonds is 6. The number of hydrogen-bond acceptors (Lipinski definition) is 3. The number of alkyl halides is 3. The SMILES string of the molecule is CCCNC1(C#N)CCCC(N(CC(F)(F)F)C2CC2)C1. The van der Waals surface area contributed by atoms with E-state index in [0.717, 1.165) is 45.1 Å². The summed E-state index contributed by atoms with van der Waals surface area (Å²) in [5.74, 6) is 0. The molecule has 0 aromatic rings. The van der Waals surface area contributed by atoms with Crippen LogP contribution in [0, 0.1) is 11.3 Å². The summed E-state index contributed by atoms with van der Waals surface area (Å²) in [5, 5.41) is 12.8. The third kappa shape index (κ3) is 4.58. The van der Waals surface area contributed by atoms with Crippen LogP contribution in [0.5, 0.6) is 0 Å². The fraction of sp³-hybridized carbons (Fsp3) is 0.933. The van der Waals surface area contributed by atoms with Crippen molar-refractivity contribution in [1.29, 1.82) is 5.26 Å². The molecule has 21 heavy (non-hydrogen) atoms. The van der Waals surface area contributed by atoms with E-state index < -0.39 is 18.3 Å². The maximum Gasteiger partial charge on any atom is 0.401 e. The van der Waals surface area contributed by atoms with Crippen LogP contribution in [-0.2, 0) is 0 Å². The number of halogens is 3. The van der Waals surface area contributed by atoms with E-state index in [0.29, 0.717) is 6.42 Å². The van der Waals surface area contributed by atoms with Crippen LogP contribution in [0.4, 0.5) is 13.2 Å². The minimum Gasteiger partial charge on any atom is -0.299 e. The van der Waals surface area contributed by atoms with Crippen molar-refractivity contribution in [3.63, 3.8) is 0 Å². The second-order valence-corrected chi connectivity index (χ2v) is 6.39. The summed E-state index contributed by atoms with van der Waals surface area (Å²) in [5.41, 5.74) is -0.641. The van der Waals surface area contributed by atoms with Gasteiger partial charge in [0.25, 0.3) is 0 Å². The zero-order valence-corrected chi connectivity index (χ0v) is 12.5. The number of nitrogens with zero attached hydrogens (tertiary/aromatic N) is 2. The maximum atomic E-state index is 12.8. The van der Waals surface area contributed by atoms with E-state index >= 15 is 0 Å². The highest BCUT2D eigenvalue weighted by Gasteiger charge is 2.45. The lowest BCUT2D eigenvalue weighted by Gasteiger charge is -2.42. The van der Waals surface area contributed by atoms with Crippen LogP contribution in [0.25, 0.3) is 0 Å². The molecular formula is C15H24F3N3. The van der Waals surface area contributed by atoms with E-state index in [-0.39, 0.29) is 12.1 Å². The highest BCUT2D eigenvalue weighted by atomic mass is 19.4. The average Bonchev–Trinajstić information content (AvgIpc) is 3.26. The van der Waals surface area contributed by atoms with Gasteiger partial charge in [0, 0.05) is 12.1 Å². The molecule has 0 saturated heterocycles. The summed E-state index contributed by atoms with van der Waals surface area (Å²) < 4.78 is 38.4. The van der Waals surface area contributed by atoms with Crippen molar-refractivity contribution in [3.05, 3.63) is 0 Å². The largest absolute Gasteiger partial charge is 0.401 e. The lowest BCUT2D eigenvalue weighted by atomic mass is 9.79. The van der Waals surface area contributed by atoms with Crippen molar-refractivity contribution in [3.8, 4) is 6.07 Å². The molecule has 0 heterocycles. The van der Waals surface area contributed by atoms with Crippen molar-refractivity contribution in [2.75, 3.05) is 13.1 Å². The van der Waals surface area contributed by atoms with Crippen LogP contribution in [0.1, 0.15) is 51.9 Å². The van der Waals surface area contributed by atoms with Crippen molar-refractivity contribution in [2.45, 2.75) is 75.7 Å². The molecule has 2 saturated carbocycles. The van der Waals surface area contributed by atoms with Gasteiger partial charge >= 0.3 is 6.18 Å². The molecule has 0 aliphatic heterocycles. The molecular weight excluding hydrogens is 279 g/mol. The monoisotopic (exact) mass is 303 g/mol. The Labute approximate surface area is 124 Å². The van der Waals surface area contributed by atoms with E-state index in [1.807, 2.05) is 6.92 Å². The van der Waals surface area contributed by atoms with Gasteiger partial charge in [-0.15, -0.1) is 0 Å². The fourth-order valence-electron chi connectivity index (χ4n) is 3.36. The van der Waals surface area contributed by atoms with Gasteiger partial charge in [-0.25, -0.2) is 0 Å². The van der Waals surface area contributed by atoms with Crippen LogP contribution in [0.3, 0.4) is 0 Å². The standard InChI is InChI=1S/C15H24F3N3/c1-2-8-20-14(10-19)7-3-4-13(9-14)21(12-5-6-12)11-15(16,17)18/h12-13,20H,2-9,11H2,1H3. The third-order valence-corrected chi connectivity index (χ3v) is 4.50. The molecule has 2 rings (SSSR count). The Balaban J connectivity index is 2.05. The quantitative estimate of drug-likeness (QED) is 0.819. The van der Waals surface area contributed by atoms with Gasteiger partial charge in [-0.2, -0.15) is 18.4 Å². The Kier molecular flexibility index (Phi) is 5.15. The molecule has 120 valence electrons. The molecule has 6 heteroatoms. The van der Waals surface area contributed by atoms with Crippen molar-refractivity contribution < 1.29 is 13.2 Å². The normalized spacial score (nSPS) is 30.4. The molecule has 0 amide bonds. The highest BCUT2D eigenvalue weighted by Crippen LogP contribution is 2.38. The Hall–Kier alpha value is -0.800. The van der Waals surface area contributed by atoms with Gasteiger partial charge in [0.2, 0.25) is 0 Å². The average molecular weight is 303 g/mol. The topological polar surface area (TPSA) is 39.1 Å². The van der Waals surface area contributed by atoms with Gasteiger partial charge < -0.3 is 0 Å². The van der Waals surface area contributed by atoms with Crippen molar-refractivity contribution in [1.82, 2.24) is 10.2 Å². The van der Waals surface area contributed by atoms with Gasteiger partial charge in [0.05, 0.1) is 12.6 Å². The van der Waals surface area contributed by atoms with Gasteiger partial charge in [0.15, 0.2) is 0 Å². The van der Waals surface area contributed by atoms with Gasteiger partial charge in [0.1, 0.15) is 5.54 Å². The Morgan fingerprint density at radius 3 is 2.52 bits per heavy atom. The lowest BCUT2D eigenvalue weighted by molar-refractivity contribution is -0.154. The highest BCUT2D eigenvalue weighted by molar-refractivity contribution is 5.12. The molecule has 2 unspecified atom stereocenters. The molecule has 2 fully saturated rings. The van der Waals surface area contributed by atoms with Gasteiger partial charge in [-0.1, -0.05) is 6.92 Å². The number of nitriles is 1. The van der Waals surface area contributed by atoms with E-state index in [2.05, 4.69) is 11.4 Å². The number of hydrogen-bond donors (Lipinski definition) is 1. The molecule has 0 bridgehead atoms. The summed E-state index contributed by atoms with van der Waals surface area (Å²) in [4.78, 5) is 1.61. The first-order valence-corrected chi connectivity index (χ1v) is 7.88. The first-order chi connectivity index (χ1) is 9.89. The smallest absolute Gasteiger partial charge is 0.299 e. The summed E-state index contributed by atoms with van der Waals surface area (Å²) in [6, 6.07) is 2.28. The second-order valence-electron chi connectivity index (χ2n) is 6.39. The molecule has 0 radical (unpaired) electrons. The van der Waals surface area contributed by atoms with Crippen LogP contribution in [-0.4, -0.2) is 41.8 Å². The summed E-state index contributed by atoms with van der Waals surface area (Å²) >= 11 is 0. The molecule has 1 N–H and O–H groups in total. The van der Waals surface area contributed by atoms with E-state index in [9.17, 15) is 18.4 Å². The van der Waals surface area contributed by atoms with Crippen LogP contribution in [0.15, 0.2) is 0 Å². The Morgan fingerprint density at radius 1 is 1.29 bits per heavy atom. The molecule has 0 spiro atoms. The molecule has 2 aliphatic carbocycles. The molecule has 3 nitrogen and oxygen atoms in total. The predicted molar refractivity (Wildman–Crippen MR) is 74.7 cm³/mol. The summed E-state index contributed by atoms with van der Waals surface area (Å²) in [7, 11) is 0. The minimum atomic E-state index is -4.16. The number of nitrogens with one attached hydrogen (secondary N) is 1. The van der Waals surface area contributed by atoms with Gasteiger partial charge in [-0.3, -0.25) is 10.2 Å². The molecule has 0 aromatic heterocycles. The predicted octanol–water partition coefficient (Wildman–Crippen LogP) is 3.22. The Bertz CT molecular complexity index is 387. The van der Waals surface area contributed by atoms with Gasteiger partial charge in [-0.05, 0) is 51.5 Å². The van der Waals surface area contributed by atoms with Crippen LogP contribution in [0.2, 0.25) is 0 Å². The second kappa shape index (κ2) is 6.53. The maximum absolute atomic E-state index is 12.8. The summed E-state index contributed by atoms with van der Waals surface area (Å²) in [6.07, 6.45) is 1.30. The fourth-order valence-corrected chi connectivity index (χ4v) is 3.36. The molecule has 2 atom stereocenters. The minimum absolute atomic E-state index is 0.0669. The van der Waals surface area contributed by atoms with E-state index in [1.54, 1.807) is 4.90 Å².